The summed E-state index contributed by atoms with van der Waals surface area (Å²) in [6.07, 6.45) is 6.39. The Morgan fingerprint density at radius 3 is 2.71 bits per heavy atom. The Labute approximate surface area is 202 Å². The molecule has 1 saturated heterocycles. The first-order chi connectivity index (χ1) is 16.4. The Kier molecular flexibility index (Phi) is 7.94. The van der Waals surface area contributed by atoms with E-state index in [1.54, 1.807) is 11.9 Å². The van der Waals surface area contributed by atoms with E-state index in [0.717, 1.165) is 44.8 Å². The number of aromatic nitrogens is 1. The molecule has 0 radical (unpaired) electrons. The van der Waals surface area contributed by atoms with Crippen molar-refractivity contribution < 1.29 is 19.4 Å². The lowest BCUT2D eigenvalue weighted by molar-refractivity contribution is -0.121. The molecule has 1 fully saturated rings. The minimum absolute atomic E-state index is 0.0572. The van der Waals surface area contributed by atoms with Gasteiger partial charge in [-0.1, -0.05) is 0 Å². The zero-order valence-corrected chi connectivity index (χ0v) is 20.8. The summed E-state index contributed by atoms with van der Waals surface area (Å²) in [6, 6.07) is 5.59. The molecule has 2 aromatic rings. The average molecular weight is 470 g/mol. The first-order valence-corrected chi connectivity index (χ1v) is 12.8. The number of benzene rings is 1. The van der Waals surface area contributed by atoms with E-state index in [-0.39, 0.29) is 24.8 Å². The van der Waals surface area contributed by atoms with E-state index >= 15 is 0 Å². The SMILES string of the molecule is CCNC(=O)CC[C@H](CO)N(C)C(=O)c1ccc2c(c1)c1c(n2C)CC[C@H](C2CCOCC2)C1. The second-order valence-corrected chi connectivity index (χ2v) is 9.91. The van der Waals surface area contributed by atoms with Gasteiger partial charge in [0.25, 0.3) is 5.91 Å². The maximum Gasteiger partial charge on any atom is 0.253 e. The third kappa shape index (κ3) is 5.01. The highest BCUT2D eigenvalue weighted by Crippen LogP contribution is 2.39. The summed E-state index contributed by atoms with van der Waals surface area (Å²) in [5.74, 6) is 1.23. The van der Waals surface area contributed by atoms with Gasteiger partial charge in [0.15, 0.2) is 0 Å². The Morgan fingerprint density at radius 1 is 1.24 bits per heavy atom. The molecule has 0 unspecified atom stereocenters. The predicted molar refractivity (Wildman–Crippen MR) is 133 cm³/mol. The lowest BCUT2D eigenvalue weighted by atomic mass is 9.75. The molecule has 2 atom stereocenters. The Balaban J connectivity index is 1.54. The summed E-state index contributed by atoms with van der Waals surface area (Å²) in [6.45, 7) is 4.04. The van der Waals surface area contributed by atoms with Crippen molar-refractivity contribution in [2.75, 3.05) is 33.4 Å². The Hall–Kier alpha value is -2.38. The van der Waals surface area contributed by atoms with Crippen LogP contribution in [0.4, 0.5) is 0 Å². The van der Waals surface area contributed by atoms with Gasteiger partial charge >= 0.3 is 0 Å². The normalized spacial score (nSPS) is 19.6. The first-order valence-electron chi connectivity index (χ1n) is 12.8. The van der Waals surface area contributed by atoms with Gasteiger partial charge in [-0.15, -0.1) is 0 Å². The standard InChI is InChI=1S/C27H39N3O4/c1-4-28-26(32)10-7-21(17-31)29(2)27(33)20-6-9-25-23(16-20)22-15-19(5-8-24(22)30(25)3)18-11-13-34-14-12-18/h6,9,16,18-19,21,31H,4-5,7-8,10-15,17H2,1-3H3,(H,28,32)/t19-,21+/m0/s1. The molecule has 34 heavy (non-hydrogen) atoms. The van der Waals surface area contributed by atoms with Crippen molar-refractivity contribution in [2.45, 2.75) is 57.9 Å². The van der Waals surface area contributed by atoms with Gasteiger partial charge in [-0.05, 0) is 81.0 Å². The minimum atomic E-state index is -0.395. The predicted octanol–water partition coefficient (Wildman–Crippen LogP) is 3.06. The number of ether oxygens (including phenoxy) is 1. The van der Waals surface area contributed by atoms with E-state index in [9.17, 15) is 14.7 Å². The van der Waals surface area contributed by atoms with Gasteiger partial charge < -0.3 is 24.6 Å². The molecule has 2 N–H and O–H groups in total. The number of aryl methyl sites for hydroxylation is 1. The summed E-state index contributed by atoms with van der Waals surface area (Å²) in [5.41, 5.74) is 4.60. The highest BCUT2D eigenvalue weighted by molar-refractivity contribution is 5.99. The van der Waals surface area contributed by atoms with E-state index < -0.39 is 6.04 Å². The Bertz CT molecular complexity index is 1020. The zero-order chi connectivity index (χ0) is 24.2. The lowest BCUT2D eigenvalue weighted by Crippen LogP contribution is -2.40. The van der Waals surface area contributed by atoms with Crippen molar-refractivity contribution in [1.82, 2.24) is 14.8 Å². The fraction of sp³-hybridized carbons (Fsp3) is 0.630. The van der Waals surface area contributed by atoms with Crippen molar-refractivity contribution in [3.63, 3.8) is 0 Å². The van der Waals surface area contributed by atoms with Gasteiger partial charge in [0.2, 0.25) is 5.91 Å². The number of likely N-dealkylation sites (N-methyl/N-ethyl adjacent to an activating group) is 1. The van der Waals surface area contributed by atoms with E-state index in [0.29, 0.717) is 24.4 Å². The van der Waals surface area contributed by atoms with Crippen molar-refractivity contribution in [3.05, 3.63) is 35.0 Å². The molecule has 0 spiro atoms. The van der Waals surface area contributed by atoms with Crippen LogP contribution in [0.25, 0.3) is 10.9 Å². The fourth-order valence-corrected chi connectivity index (χ4v) is 5.89. The summed E-state index contributed by atoms with van der Waals surface area (Å²) in [7, 11) is 3.85. The largest absolute Gasteiger partial charge is 0.394 e. The van der Waals surface area contributed by atoms with Gasteiger partial charge in [-0.25, -0.2) is 0 Å². The third-order valence-corrected chi connectivity index (χ3v) is 7.99. The Morgan fingerprint density at radius 2 is 2.00 bits per heavy atom. The number of nitrogens with one attached hydrogen (secondary N) is 1. The van der Waals surface area contributed by atoms with Gasteiger partial charge in [0.05, 0.1) is 12.6 Å². The molecule has 2 aliphatic rings. The van der Waals surface area contributed by atoms with Gasteiger partial charge in [-0.2, -0.15) is 0 Å². The minimum Gasteiger partial charge on any atom is -0.394 e. The van der Waals surface area contributed by atoms with Crippen LogP contribution in [-0.2, 0) is 29.4 Å². The third-order valence-electron chi connectivity index (χ3n) is 7.99. The molecule has 1 aliphatic heterocycles. The first kappa shape index (κ1) is 24.7. The molecular weight excluding hydrogens is 430 g/mol. The molecule has 2 amide bonds. The second-order valence-electron chi connectivity index (χ2n) is 9.91. The van der Waals surface area contributed by atoms with Crippen LogP contribution in [0, 0.1) is 11.8 Å². The molecule has 2 heterocycles. The van der Waals surface area contributed by atoms with Crippen molar-refractivity contribution in [2.24, 2.45) is 18.9 Å². The van der Waals surface area contributed by atoms with Crippen LogP contribution in [0.5, 0.6) is 0 Å². The summed E-state index contributed by atoms with van der Waals surface area (Å²) in [4.78, 5) is 26.8. The topological polar surface area (TPSA) is 83.8 Å². The van der Waals surface area contributed by atoms with Crippen molar-refractivity contribution in [3.8, 4) is 0 Å². The molecule has 0 saturated carbocycles. The quantitative estimate of drug-likeness (QED) is 0.622. The highest BCUT2D eigenvalue weighted by atomic mass is 16.5. The van der Waals surface area contributed by atoms with Crippen LogP contribution < -0.4 is 5.32 Å². The number of hydrogen-bond donors (Lipinski definition) is 2. The average Bonchev–Trinajstić information content (AvgIpc) is 3.15. The van der Waals surface area contributed by atoms with Crippen molar-refractivity contribution >= 4 is 22.7 Å². The molecule has 7 heteroatoms. The number of aliphatic hydroxyl groups excluding tert-OH is 1. The number of nitrogens with zero attached hydrogens (tertiary/aromatic N) is 2. The van der Waals surface area contributed by atoms with Gasteiger partial charge in [0, 0.05) is 62.4 Å². The van der Waals surface area contributed by atoms with Crippen LogP contribution in [0.15, 0.2) is 18.2 Å². The molecule has 1 aliphatic carbocycles. The smallest absolute Gasteiger partial charge is 0.253 e. The molecule has 1 aromatic carbocycles. The van der Waals surface area contributed by atoms with E-state index in [1.165, 1.54) is 28.6 Å². The zero-order valence-electron chi connectivity index (χ0n) is 20.8. The number of fused-ring (bicyclic) bond motifs is 3. The van der Waals surface area contributed by atoms with Crippen LogP contribution in [0.2, 0.25) is 0 Å². The van der Waals surface area contributed by atoms with Gasteiger partial charge in [0.1, 0.15) is 0 Å². The van der Waals surface area contributed by atoms with Crippen LogP contribution >= 0.6 is 0 Å². The van der Waals surface area contributed by atoms with Crippen LogP contribution in [-0.4, -0.2) is 65.8 Å². The molecular formula is C27H39N3O4. The van der Waals surface area contributed by atoms with E-state index in [4.69, 9.17) is 4.74 Å². The molecule has 7 nitrogen and oxygen atoms in total. The maximum atomic E-state index is 13.3. The highest BCUT2D eigenvalue weighted by Gasteiger charge is 2.31. The van der Waals surface area contributed by atoms with E-state index in [2.05, 4.69) is 23.0 Å². The summed E-state index contributed by atoms with van der Waals surface area (Å²) in [5, 5.41) is 13.8. The number of carbonyl (C=O) groups is 2. The maximum absolute atomic E-state index is 13.3. The molecule has 0 bridgehead atoms. The number of carbonyl (C=O) groups excluding carboxylic acids is 2. The summed E-state index contributed by atoms with van der Waals surface area (Å²) < 4.78 is 7.88. The van der Waals surface area contributed by atoms with Gasteiger partial charge in [-0.3, -0.25) is 9.59 Å². The lowest BCUT2D eigenvalue weighted by Gasteiger charge is -2.33. The number of rotatable bonds is 8. The number of aliphatic hydroxyl groups is 1. The van der Waals surface area contributed by atoms with E-state index in [1.807, 2.05) is 19.1 Å². The number of hydrogen-bond acceptors (Lipinski definition) is 4. The number of amides is 2. The van der Waals surface area contributed by atoms with Crippen LogP contribution in [0.3, 0.4) is 0 Å². The van der Waals surface area contributed by atoms with Crippen LogP contribution in [0.1, 0.15) is 60.6 Å². The molecule has 1 aromatic heterocycles. The summed E-state index contributed by atoms with van der Waals surface area (Å²) >= 11 is 0. The van der Waals surface area contributed by atoms with Crippen molar-refractivity contribution in [1.29, 1.82) is 0 Å². The molecule has 186 valence electrons. The second kappa shape index (κ2) is 10.9. The molecule has 4 rings (SSSR count). The monoisotopic (exact) mass is 469 g/mol. The fourth-order valence-electron chi connectivity index (χ4n) is 5.89.